The quantitative estimate of drug-likeness (QED) is 0.511. The van der Waals surface area contributed by atoms with Gasteiger partial charge in [0.05, 0.1) is 17.6 Å². The van der Waals surface area contributed by atoms with Crippen LogP contribution in [0.4, 0.5) is 5.69 Å². The molecule has 1 rings (SSSR count). The van der Waals surface area contributed by atoms with E-state index in [1.54, 1.807) is 12.1 Å². The monoisotopic (exact) mass is 279 g/mol. The van der Waals surface area contributed by atoms with Gasteiger partial charge in [-0.3, -0.25) is 4.79 Å². The summed E-state index contributed by atoms with van der Waals surface area (Å²) in [5, 5.41) is 0. The van der Waals surface area contributed by atoms with Gasteiger partial charge in [-0.2, -0.15) is 0 Å². The van der Waals surface area contributed by atoms with Crippen LogP contribution in [0.2, 0.25) is 0 Å². The first-order chi connectivity index (χ1) is 9.13. The number of esters is 1. The minimum Gasteiger partial charge on any atom is -0.463 e. The predicted octanol–water partition coefficient (Wildman–Crippen LogP) is 2.90. The minimum atomic E-state index is -0.699. The molecule has 1 aromatic rings. The van der Waals surface area contributed by atoms with Crippen LogP contribution in [0.25, 0.3) is 0 Å². The summed E-state index contributed by atoms with van der Waals surface area (Å²) >= 11 is 0. The van der Waals surface area contributed by atoms with E-state index in [1.807, 2.05) is 46.8 Å². The Hall–Kier alpha value is -1.55. The molecule has 0 saturated carbocycles. The molecule has 0 spiro atoms. The van der Waals surface area contributed by atoms with Gasteiger partial charge in [0, 0.05) is 5.69 Å². The molecule has 0 fully saturated rings. The largest absolute Gasteiger partial charge is 0.463 e. The van der Waals surface area contributed by atoms with Gasteiger partial charge in [0.15, 0.2) is 0 Å². The summed E-state index contributed by atoms with van der Waals surface area (Å²) in [5.74, 6) is -0.264. The zero-order valence-electron chi connectivity index (χ0n) is 13.0. The molecule has 112 valence electrons. The van der Waals surface area contributed by atoms with Crippen LogP contribution in [-0.4, -0.2) is 24.8 Å². The molecule has 20 heavy (non-hydrogen) atoms. The number of hydrogen-bond donors (Lipinski definition) is 1. The van der Waals surface area contributed by atoms with E-state index in [-0.39, 0.29) is 18.2 Å². The standard InChI is InChI=1S/C16H25NO3/c1-15(2,3)20-11-10-19-14(18)16(4,5)12-6-8-13(17)9-7-12/h6-9H,10-11,17H2,1-5H3. The highest BCUT2D eigenvalue weighted by Gasteiger charge is 2.31. The Balaban J connectivity index is 2.55. The van der Waals surface area contributed by atoms with Crippen LogP contribution in [0, 0.1) is 0 Å². The number of ether oxygens (including phenoxy) is 2. The number of nitrogen functional groups attached to an aromatic ring is 1. The SMILES string of the molecule is CC(C)(C)OCCOC(=O)C(C)(C)c1ccc(N)cc1. The normalized spacial score (nSPS) is 12.2. The van der Waals surface area contributed by atoms with E-state index in [0.717, 1.165) is 5.56 Å². The molecule has 0 bridgehead atoms. The molecule has 2 N–H and O–H groups in total. The van der Waals surface area contributed by atoms with Crippen molar-refractivity contribution < 1.29 is 14.3 Å². The van der Waals surface area contributed by atoms with Gasteiger partial charge in [-0.05, 0) is 52.3 Å². The molecule has 4 heteroatoms. The van der Waals surface area contributed by atoms with Gasteiger partial charge in [0.25, 0.3) is 0 Å². The van der Waals surface area contributed by atoms with Crippen molar-refractivity contribution >= 4 is 11.7 Å². The Morgan fingerprint density at radius 1 is 1.05 bits per heavy atom. The smallest absolute Gasteiger partial charge is 0.316 e. The van der Waals surface area contributed by atoms with Crippen molar-refractivity contribution in [3.63, 3.8) is 0 Å². The molecule has 0 saturated heterocycles. The molecule has 0 radical (unpaired) electrons. The van der Waals surface area contributed by atoms with Crippen LogP contribution >= 0.6 is 0 Å². The van der Waals surface area contributed by atoms with Gasteiger partial charge in [-0.1, -0.05) is 12.1 Å². The Bertz CT molecular complexity index is 444. The lowest BCUT2D eigenvalue weighted by Crippen LogP contribution is -2.32. The number of benzene rings is 1. The highest BCUT2D eigenvalue weighted by molar-refractivity contribution is 5.82. The molecule has 0 heterocycles. The van der Waals surface area contributed by atoms with E-state index in [0.29, 0.717) is 12.3 Å². The fourth-order valence-electron chi connectivity index (χ4n) is 1.68. The van der Waals surface area contributed by atoms with Gasteiger partial charge in [0.1, 0.15) is 6.61 Å². The first-order valence-electron chi connectivity index (χ1n) is 6.80. The predicted molar refractivity (Wildman–Crippen MR) is 80.5 cm³/mol. The summed E-state index contributed by atoms with van der Waals surface area (Å²) in [6, 6.07) is 7.27. The molecule has 4 nitrogen and oxygen atoms in total. The number of hydrogen-bond acceptors (Lipinski definition) is 4. The molecule has 0 aliphatic heterocycles. The highest BCUT2D eigenvalue weighted by atomic mass is 16.6. The number of anilines is 1. The summed E-state index contributed by atoms with van der Waals surface area (Å²) in [6.45, 7) is 10.2. The first-order valence-corrected chi connectivity index (χ1v) is 6.80. The van der Waals surface area contributed by atoms with E-state index < -0.39 is 5.41 Å². The zero-order valence-corrected chi connectivity index (χ0v) is 13.0. The van der Waals surface area contributed by atoms with Crippen LogP contribution in [0.5, 0.6) is 0 Å². The molecule has 0 aliphatic carbocycles. The number of nitrogens with two attached hydrogens (primary N) is 1. The van der Waals surface area contributed by atoms with Crippen LogP contribution in [0.15, 0.2) is 24.3 Å². The lowest BCUT2D eigenvalue weighted by molar-refractivity contribution is -0.152. The molecular weight excluding hydrogens is 254 g/mol. The number of carbonyl (C=O) groups is 1. The summed E-state index contributed by atoms with van der Waals surface area (Å²) in [7, 11) is 0. The summed E-state index contributed by atoms with van der Waals surface area (Å²) in [6.07, 6.45) is 0. The van der Waals surface area contributed by atoms with Crippen LogP contribution in [0.1, 0.15) is 40.2 Å². The van der Waals surface area contributed by atoms with Crippen LogP contribution in [-0.2, 0) is 19.7 Å². The van der Waals surface area contributed by atoms with E-state index >= 15 is 0 Å². The molecule has 1 aromatic carbocycles. The number of carbonyl (C=O) groups excluding carboxylic acids is 1. The summed E-state index contributed by atoms with van der Waals surface area (Å²) < 4.78 is 10.8. The van der Waals surface area contributed by atoms with Gasteiger partial charge in [-0.25, -0.2) is 0 Å². The average Bonchev–Trinajstić information content (AvgIpc) is 2.33. The van der Waals surface area contributed by atoms with Gasteiger partial charge >= 0.3 is 5.97 Å². The highest BCUT2D eigenvalue weighted by Crippen LogP contribution is 2.25. The molecule has 0 amide bonds. The topological polar surface area (TPSA) is 61.5 Å². The van der Waals surface area contributed by atoms with Crippen molar-refractivity contribution in [3.05, 3.63) is 29.8 Å². The average molecular weight is 279 g/mol. The third-order valence-electron chi connectivity index (χ3n) is 2.99. The molecule has 0 aliphatic rings. The molecule has 0 unspecified atom stereocenters. The van der Waals surface area contributed by atoms with Crippen molar-refractivity contribution in [2.45, 2.75) is 45.6 Å². The Kier molecular flexibility index (Phi) is 5.17. The number of rotatable bonds is 5. The first kappa shape index (κ1) is 16.5. The fourth-order valence-corrected chi connectivity index (χ4v) is 1.68. The second kappa shape index (κ2) is 6.27. The van der Waals surface area contributed by atoms with Gasteiger partial charge < -0.3 is 15.2 Å². The minimum absolute atomic E-state index is 0.223. The zero-order chi connectivity index (χ0) is 15.4. The maximum Gasteiger partial charge on any atom is 0.316 e. The van der Waals surface area contributed by atoms with Crippen molar-refractivity contribution in [2.75, 3.05) is 18.9 Å². The van der Waals surface area contributed by atoms with Crippen molar-refractivity contribution in [1.29, 1.82) is 0 Å². The lowest BCUT2D eigenvalue weighted by Gasteiger charge is -2.24. The summed E-state index contributed by atoms with van der Waals surface area (Å²) in [4.78, 5) is 12.2. The Morgan fingerprint density at radius 2 is 1.60 bits per heavy atom. The fraction of sp³-hybridized carbons (Fsp3) is 0.562. The summed E-state index contributed by atoms with van der Waals surface area (Å²) in [5.41, 5.74) is 6.29. The van der Waals surface area contributed by atoms with E-state index in [1.165, 1.54) is 0 Å². The van der Waals surface area contributed by atoms with E-state index in [4.69, 9.17) is 15.2 Å². The third-order valence-corrected chi connectivity index (χ3v) is 2.99. The third kappa shape index (κ3) is 4.85. The Labute approximate surface area is 121 Å². The maximum atomic E-state index is 12.2. The lowest BCUT2D eigenvalue weighted by atomic mass is 9.85. The van der Waals surface area contributed by atoms with Crippen LogP contribution < -0.4 is 5.73 Å². The van der Waals surface area contributed by atoms with E-state index in [9.17, 15) is 4.79 Å². The van der Waals surface area contributed by atoms with Crippen molar-refractivity contribution in [3.8, 4) is 0 Å². The van der Waals surface area contributed by atoms with Crippen molar-refractivity contribution in [2.24, 2.45) is 0 Å². The molecular formula is C16H25NO3. The van der Waals surface area contributed by atoms with Crippen molar-refractivity contribution in [1.82, 2.24) is 0 Å². The second-order valence-corrected chi connectivity index (χ2v) is 6.34. The maximum absolute atomic E-state index is 12.2. The molecule has 0 aromatic heterocycles. The van der Waals surface area contributed by atoms with Gasteiger partial charge in [-0.15, -0.1) is 0 Å². The molecule has 0 atom stereocenters. The Morgan fingerprint density at radius 3 is 2.10 bits per heavy atom. The second-order valence-electron chi connectivity index (χ2n) is 6.34. The van der Waals surface area contributed by atoms with E-state index in [2.05, 4.69) is 0 Å². The van der Waals surface area contributed by atoms with Crippen LogP contribution in [0.3, 0.4) is 0 Å². The van der Waals surface area contributed by atoms with Gasteiger partial charge in [0.2, 0.25) is 0 Å².